The molecule has 0 radical (unpaired) electrons. The van der Waals surface area contributed by atoms with E-state index in [4.69, 9.17) is 4.74 Å². The highest BCUT2D eigenvalue weighted by Crippen LogP contribution is 2.22. The van der Waals surface area contributed by atoms with Crippen molar-refractivity contribution in [3.8, 4) is 0 Å². The molecule has 1 unspecified atom stereocenters. The first-order valence-electron chi connectivity index (χ1n) is 7.08. The average molecular weight is 246 g/mol. The molecule has 2 saturated heterocycles. The Kier molecular flexibility index (Phi) is 3.69. The lowest BCUT2D eigenvalue weighted by atomic mass is 10.1. The summed E-state index contributed by atoms with van der Waals surface area (Å²) in [5, 5.41) is 3.51. The molecule has 3 rings (SSSR count). The fourth-order valence-corrected chi connectivity index (χ4v) is 2.77. The lowest BCUT2D eigenvalue weighted by Gasteiger charge is -2.18. The molecule has 1 aromatic rings. The van der Waals surface area contributed by atoms with Gasteiger partial charge in [-0.05, 0) is 43.5 Å². The fourth-order valence-electron chi connectivity index (χ4n) is 2.77. The van der Waals surface area contributed by atoms with Crippen molar-refractivity contribution in [3.63, 3.8) is 0 Å². The summed E-state index contributed by atoms with van der Waals surface area (Å²) in [7, 11) is 0. The smallest absolute Gasteiger partial charge is 0.0511 e. The number of hydrogen-bond acceptors (Lipinski definition) is 3. The maximum absolute atomic E-state index is 5.39. The van der Waals surface area contributed by atoms with Gasteiger partial charge in [-0.15, -0.1) is 0 Å². The molecule has 1 N–H and O–H groups in total. The largest absolute Gasteiger partial charge is 0.385 e. The van der Waals surface area contributed by atoms with Gasteiger partial charge in [0.05, 0.1) is 6.61 Å². The Balaban J connectivity index is 1.53. The Morgan fingerprint density at radius 1 is 1.17 bits per heavy atom. The number of ether oxygens (including phenoxy) is 1. The maximum Gasteiger partial charge on any atom is 0.0511 e. The van der Waals surface area contributed by atoms with Crippen LogP contribution in [-0.4, -0.2) is 32.8 Å². The molecule has 0 aromatic heterocycles. The number of nitrogens with one attached hydrogen (secondary N) is 1. The molecule has 98 valence electrons. The standard InChI is InChI=1S/C15H22N2O/c1-2-9-17(8-1)15-5-3-14(4-6-15)16-11-13-7-10-18-12-13/h3-6,13,16H,1-2,7-12H2. The summed E-state index contributed by atoms with van der Waals surface area (Å²) in [6.45, 7) is 5.31. The highest BCUT2D eigenvalue weighted by molar-refractivity contribution is 5.55. The first kappa shape index (κ1) is 11.8. The fraction of sp³-hybridized carbons (Fsp3) is 0.600. The normalized spacial score (nSPS) is 23.6. The van der Waals surface area contributed by atoms with Gasteiger partial charge in [-0.25, -0.2) is 0 Å². The summed E-state index contributed by atoms with van der Waals surface area (Å²) in [5.74, 6) is 0.684. The van der Waals surface area contributed by atoms with Gasteiger partial charge in [0.2, 0.25) is 0 Å². The van der Waals surface area contributed by atoms with Crippen molar-refractivity contribution in [2.24, 2.45) is 5.92 Å². The van der Waals surface area contributed by atoms with Gasteiger partial charge in [-0.3, -0.25) is 0 Å². The Morgan fingerprint density at radius 3 is 2.61 bits per heavy atom. The van der Waals surface area contributed by atoms with E-state index in [9.17, 15) is 0 Å². The second-order valence-electron chi connectivity index (χ2n) is 5.35. The lowest BCUT2D eigenvalue weighted by Crippen LogP contribution is -2.17. The van der Waals surface area contributed by atoms with Crippen LogP contribution < -0.4 is 10.2 Å². The van der Waals surface area contributed by atoms with Crippen LogP contribution in [0.4, 0.5) is 11.4 Å². The number of anilines is 2. The molecule has 3 nitrogen and oxygen atoms in total. The second-order valence-corrected chi connectivity index (χ2v) is 5.35. The van der Waals surface area contributed by atoms with E-state index in [2.05, 4.69) is 34.5 Å². The molecule has 0 spiro atoms. The molecule has 0 amide bonds. The minimum absolute atomic E-state index is 0.684. The molecule has 0 aliphatic carbocycles. The average Bonchev–Trinajstić information content (AvgIpc) is 3.10. The molecule has 2 aliphatic heterocycles. The van der Waals surface area contributed by atoms with Crippen LogP contribution in [0.5, 0.6) is 0 Å². The van der Waals surface area contributed by atoms with E-state index in [1.54, 1.807) is 0 Å². The Labute approximate surface area is 109 Å². The Bertz CT molecular complexity index is 365. The minimum atomic E-state index is 0.684. The number of nitrogens with zero attached hydrogens (tertiary/aromatic N) is 1. The molecule has 1 atom stereocenters. The molecule has 1 aromatic carbocycles. The number of benzene rings is 1. The third kappa shape index (κ3) is 2.78. The Morgan fingerprint density at radius 2 is 1.94 bits per heavy atom. The van der Waals surface area contributed by atoms with Crippen molar-refractivity contribution in [1.82, 2.24) is 0 Å². The maximum atomic E-state index is 5.39. The molecule has 18 heavy (non-hydrogen) atoms. The molecule has 2 fully saturated rings. The van der Waals surface area contributed by atoms with Crippen LogP contribution >= 0.6 is 0 Å². The lowest BCUT2D eigenvalue weighted by molar-refractivity contribution is 0.187. The summed E-state index contributed by atoms with van der Waals surface area (Å²) in [5.41, 5.74) is 2.59. The van der Waals surface area contributed by atoms with Crippen LogP contribution in [0.15, 0.2) is 24.3 Å². The highest BCUT2D eigenvalue weighted by atomic mass is 16.5. The van der Waals surface area contributed by atoms with Gasteiger partial charge in [0.25, 0.3) is 0 Å². The van der Waals surface area contributed by atoms with Crippen LogP contribution in [0, 0.1) is 5.92 Å². The van der Waals surface area contributed by atoms with E-state index >= 15 is 0 Å². The van der Waals surface area contributed by atoms with Gasteiger partial charge in [0.1, 0.15) is 0 Å². The van der Waals surface area contributed by atoms with Crippen LogP contribution in [0.3, 0.4) is 0 Å². The van der Waals surface area contributed by atoms with E-state index in [1.165, 1.54) is 43.7 Å². The van der Waals surface area contributed by atoms with Crippen LogP contribution in [-0.2, 0) is 4.74 Å². The van der Waals surface area contributed by atoms with Gasteiger partial charge in [0, 0.05) is 43.5 Å². The topological polar surface area (TPSA) is 24.5 Å². The van der Waals surface area contributed by atoms with Crippen LogP contribution in [0.1, 0.15) is 19.3 Å². The molecule has 2 aliphatic rings. The van der Waals surface area contributed by atoms with Crippen molar-refractivity contribution < 1.29 is 4.74 Å². The third-order valence-electron chi connectivity index (χ3n) is 3.96. The van der Waals surface area contributed by atoms with E-state index < -0.39 is 0 Å². The molecular formula is C15H22N2O. The van der Waals surface area contributed by atoms with Gasteiger partial charge in [-0.2, -0.15) is 0 Å². The summed E-state index contributed by atoms with van der Waals surface area (Å²) in [6, 6.07) is 8.87. The zero-order valence-corrected chi connectivity index (χ0v) is 10.9. The quantitative estimate of drug-likeness (QED) is 0.884. The van der Waals surface area contributed by atoms with Crippen molar-refractivity contribution >= 4 is 11.4 Å². The third-order valence-corrected chi connectivity index (χ3v) is 3.96. The van der Waals surface area contributed by atoms with Crippen LogP contribution in [0.2, 0.25) is 0 Å². The second kappa shape index (κ2) is 5.61. The summed E-state index contributed by atoms with van der Waals surface area (Å²) < 4.78 is 5.39. The summed E-state index contributed by atoms with van der Waals surface area (Å²) in [6.07, 6.45) is 3.86. The molecule has 0 bridgehead atoms. The zero-order chi connectivity index (χ0) is 12.2. The predicted octanol–water partition coefficient (Wildman–Crippen LogP) is 2.74. The van der Waals surface area contributed by atoms with Gasteiger partial charge >= 0.3 is 0 Å². The number of hydrogen-bond donors (Lipinski definition) is 1. The summed E-state index contributed by atoms with van der Waals surface area (Å²) >= 11 is 0. The Hall–Kier alpha value is -1.22. The first-order chi connectivity index (χ1) is 8.92. The van der Waals surface area contributed by atoms with E-state index in [-0.39, 0.29) is 0 Å². The zero-order valence-electron chi connectivity index (χ0n) is 10.9. The molecule has 3 heteroatoms. The highest BCUT2D eigenvalue weighted by Gasteiger charge is 2.15. The SMILES string of the molecule is c1cc(N2CCCC2)ccc1NCC1CCOC1. The van der Waals surface area contributed by atoms with Gasteiger partial charge in [0.15, 0.2) is 0 Å². The minimum Gasteiger partial charge on any atom is -0.385 e. The van der Waals surface area contributed by atoms with Crippen molar-refractivity contribution in [2.45, 2.75) is 19.3 Å². The van der Waals surface area contributed by atoms with E-state index in [0.717, 1.165) is 19.8 Å². The van der Waals surface area contributed by atoms with Gasteiger partial charge < -0.3 is 15.0 Å². The van der Waals surface area contributed by atoms with Crippen LogP contribution in [0.25, 0.3) is 0 Å². The first-order valence-corrected chi connectivity index (χ1v) is 7.08. The number of rotatable bonds is 4. The predicted molar refractivity (Wildman–Crippen MR) is 75.3 cm³/mol. The van der Waals surface area contributed by atoms with Crippen molar-refractivity contribution in [1.29, 1.82) is 0 Å². The molecule has 2 heterocycles. The van der Waals surface area contributed by atoms with E-state index in [1.807, 2.05) is 0 Å². The van der Waals surface area contributed by atoms with Crippen molar-refractivity contribution in [3.05, 3.63) is 24.3 Å². The van der Waals surface area contributed by atoms with E-state index in [0.29, 0.717) is 5.92 Å². The molecule has 0 saturated carbocycles. The van der Waals surface area contributed by atoms with Gasteiger partial charge in [-0.1, -0.05) is 0 Å². The molecular weight excluding hydrogens is 224 g/mol. The summed E-state index contributed by atoms with van der Waals surface area (Å²) in [4.78, 5) is 2.47. The van der Waals surface area contributed by atoms with Crippen molar-refractivity contribution in [2.75, 3.05) is 43.1 Å². The monoisotopic (exact) mass is 246 g/mol.